The second-order valence-corrected chi connectivity index (χ2v) is 7.68. The summed E-state index contributed by atoms with van der Waals surface area (Å²) in [6.45, 7) is 5.10. The smallest absolute Gasteiger partial charge is 0.261 e. The highest BCUT2D eigenvalue weighted by Gasteiger charge is 2.20. The first-order valence-corrected chi connectivity index (χ1v) is 10.8. The van der Waals surface area contributed by atoms with Crippen LogP contribution >= 0.6 is 11.3 Å². The van der Waals surface area contributed by atoms with Gasteiger partial charge in [-0.2, -0.15) is 0 Å². The van der Waals surface area contributed by atoms with Gasteiger partial charge in [-0.05, 0) is 30.0 Å². The molecule has 1 aliphatic rings. The highest BCUT2D eigenvalue weighted by molar-refractivity contribution is 7.12. The number of methoxy groups -OCH3 is 1. The molecule has 0 bridgehead atoms. The fourth-order valence-corrected chi connectivity index (χ4v) is 3.94. The Morgan fingerprint density at radius 3 is 2.62 bits per heavy atom. The molecule has 2 aromatic rings. The van der Waals surface area contributed by atoms with Crippen LogP contribution in [0.15, 0.2) is 46.8 Å². The minimum absolute atomic E-state index is 0.00181. The molecule has 0 saturated carbocycles. The van der Waals surface area contributed by atoms with Crippen molar-refractivity contribution in [3.8, 4) is 5.75 Å². The molecular formula is C21H29N5O2S. The molecule has 0 unspecified atom stereocenters. The molecule has 1 amide bonds. The van der Waals surface area contributed by atoms with E-state index in [-0.39, 0.29) is 5.91 Å². The Morgan fingerprint density at radius 2 is 1.93 bits per heavy atom. The Kier molecular flexibility index (Phi) is 7.75. The van der Waals surface area contributed by atoms with Crippen LogP contribution in [0.5, 0.6) is 5.75 Å². The van der Waals surface area contributed by atoms with Crippen LogP contribution in [-0.2, 0) is 0 Å². The van der Waals surface area contributed by atoms with Crippen molar-refractivity contribution in [1.82, 2.24) is 15.5 Å². The summed E-state index contributed by atoms with van der Waals surface area (Å²) in [6.07, 6.45) is 0.847. The third-order valence-electron chi connectivity index (χ3n) is 4.88. The number of nitrogens with one attached hydrogen (secondary N) is 2. The Bertz CT molecular complexity index is 801. The van der Waals surface area contributed by atoms with E-state index in [1.54, 1.807) is 7.11 Å². The molecule has 29 heavy (non-hydrogen) atoms. The summed E-state index contributed by atoms with van der Waals surface area (Å²) < 4.78 is 5.33. The van der Waals surface area contributed by atoms with Gasteiger partial charge in [0.2, 0.25) is 0 Å². The van der Waals surface area contributed by atoms with Gasteiger partial charge in [0.1, 0.15) is 5.75 Å². The fourth-order valence-electron chi connectivity index (χ4n) is 3.30. The molecule has 0 spiro atoms. The molecule has 7 nitrogen and oxygen atoms in total. The van der Waals surface area contributed by atoms with Crippen LogP contribution in [0.1, 0.15) is 16.1 Å². The number of thiophene rings is 1. The lowest BCUT2D eigenvalue weighted by Crippen LogP contribution is -2.52. The number of ether oxygens (including phenoxy) is 1. The molecule has 1 saturated heterocycles. The quantitative estimate of drug-likeness (QED) is 0.413. The molecule has 1 aliphatic heterocycles. The summed E-state index contributed by atoms with van der Waals surface area (Å²) >= 11 is 1.46. The number of nitrogens with zero attached hydrogens (tertiary/aromatic N) is 3. The molecule has 0 atom stereocenters. The molecule has 1 fully saturated rings. The van der Waals surface area contributed by atoms with Crippen LogP contribution in [0.4, 0.5) is 5.69 Å². The summed E-state index contributed by atoms with van der Waals surface area (Å²) in [4.78, 5) is 21.7. The van der Waals surface area contributed by atoms with Gasteiger partial charge in [-0.15, -0.1) is 11.3 Å². The van der Waals surface area contributed by atoms with Crippen molar-refractivity contribution in [2.45, 2.75) is 6.42 Å². The van der Waals surface area contributed by atoms with Crippen LogP contribution < -0.4 is 20.3 Å². The predicted molar refractivity (Wildman–Crippen MR) is 119 cm³/mol. The lowest BCUT2D eigenvalue weighted by atomic mass is 10.2. The molecule has 1 aromatic carbocycles. The maximum Gasteiger partial charge on any atom is 0.261 e. The molecule has 2 N–H and O–H groups in total. The Labute approximate surface area is 176 Å². The van der Waals surface area contributed by atoms with Gasteiger partial charge in [-0.3, -0.25) is 9.79 Å². The second-order valence-electron chi connectivity index (χ2n) is 6.74. The number of carbonyl (C=O) groups is 1. The van der Waals surface area contributed by atoms with Crippen LogP contribution in [-0.4, -0.2) is 70.2 Å². The van der Waals surface area contributed by atoms with Gasteiger partial charge in [0.05, 0.1) is 12.0 Å². The van der Waals surface area contributed by atoms with E-state index in [1.807, 2.05) is 36.7 Å². The zero-order chi connectivity index (χ0) is 20.5. The van der Waals surface area contributed by atoms with Crippen molar-refractivity contribution < 1.29 is 9.53 Å². The Hall–Kier alpha value is -2.74. The number of anilines is 1. The van der Waals surface area contributed by atoms with Crippen molar-refractivity contribution in [2.24, 2.45) is 4.99 Å². The Morgan fingerprint density at radius 1 is 1.14 bits per heavy atom. The summed E-state index contributed by atoms with van der Waals surface area (Å²) in [7, 11) is 3.51. The number of piperazine rings is 1. The molecule has 0 radical (unpaired) electrons. The van der Waals surface area contributed by atoms with Gasteiger partial charge in [-0.1, -0.05) is 12.1 Å². The average Bonchev–Trinajstić information content (AvgIpc) is 3.31. The molecule has 8 heteroatoms. The number of carbonyl (C=O) groups excluding carboxylic acids is 1. The number of hydrogen-bond donors (Lipinski definition) is 2. The number of hydrogen-bond acceptors (Lipinski definition) is 5. The summed E-state index contributed by atoms with van der Waals surface area (Å²) in [6, 6.07) is 11.9. The van der Waals surface area contributed by atoms with Gasteiger partial charge in [-0.25, -0.2) is 0 Å². The van der Waals surface area contributed by atoms with Gasteiger partial charge in [0, 0.05) is 58.1 Å². The predicted octanol–water partition coefficient (Wildman–Crippen LogP) is 2.27. The number of rotatable bonds is 7. The lowest BCUT2D eigenvalue weighted by Gasteiger charge is -2.37. The van der Waals surface area contributed by atoms with Crippen molar-refractivity contribution in [1.29, 1.82) is 0 Å². The van der Waals surface area contributed by atoms with E-state index < -0.39 is 0 Å². The lowest BCUT2D eigenvalue weighted by molar-refractivity contribution is 0.0957. The van der Waals surface area contributed by atoms with E-state index in [4.69, 9.17) is 4.74 Å². The van der Waals surface area contributed by atoms with Crippen molar-refractivity contribution >= 4 is 28.9 Å². The monoisotopic (exact) mass is 415 g/mol. The molecular weight excluding hydrogens is 386 g/mol. The van der Waals surface area contributed by atoms with Crippen molar-refractivity contribution in [3.63, 3.8) is 0 Å². The van der Waals surface area contributed by atoms with Crippen LogP contribution in [0.25, 0.3) is 0 Å². The van der Waals surface area contributed by atoms with Crippen LogP contribution in [0, 0.1) is 0 Å². The number of benzene rings is 1. The van der Waals surface area contributed by atoms with Gasteiger partial charge in [0.15, 0.2) is 5.96 Å². The second kappa shape index (κ2) is 10.7. The van der Waals surface area contributed by atoms with Crippen LogP contribution in [0.3, 0.4) is 0 Å². The van der Waals surface area contributed by atoms with Crippen molar-refractivity contribution in [2.75, 3.05) is 58.3 Å². The molecule has 2 heterocycles. The topological polar surface area (TPSA) is 69.2 Å². The fraction of sp³-hybridized carbons (Fsp3) is 0.429. The highest BCUT2D eigenvalue weighted by atomic mass is 32.1. The van der Waals surface area contributed by atoms with E-state index in [0.29, 0.717) is 6.54 Å². The molecule has 156 valence electrons. The van der Waals surface area contributed by atoms with Gasteiger partial charge < -0.3 is 25.2 Å². The summed E-state index contributed by atoms with van der Waals surface area (Å²) in [5.41, 5.74) is 1.19. The van der Waals surface area contributed by atoms with Crippen molar-refractivity contribution in [3.05, 3.63) is 46.7 Å². The summed E-state index contributed by atoms with van der Waals surface area (Å²) in [5, 5.41) is 8.27. The molecule has 3 rings (SSSR count). The average molecular weight is 416 g/mol. The first kappa shape index (κ1) is 21.0. The standard InChI is InChI=1S/C21H29N5O2S/c1-22-21(24-10-5-9-23-20(27)19-8-4-15-29-19)26-13-11-25(12-14-26)17-6-3-7-18(16-17)28-2/h3-4,6-8,15-16H,5,9-14H2,1-2H3,(H,22,24)(H,23,27). The molecule has 0 aliphatic carbocycles. The minimum atomic E-state index is -0.00181. The largest absolute Gasteiger partial charge is 0.497 e. The van der Waals surface area contributed by atoms with E-state index in [9.17, 15) is 4.79 Å². The van der Waals surface area contributed by atoms with Gasteiger partial charge >= 0.3 is 0 Å². The maximum absolute atomic E-state index is 11.9. The Balaban J connectivity index is 1.38. The summed E-state index contributed by atoms with van der Waals surface area (Å²) in [5.74, 6) is 1.80. The van der Waals surface area contributed by atoms with Gasteiger partial charge in [0.25, 0.3) is 5.91 Å². The van der Waals surface area contributed by atoms with E-state index >= 15 is 0 Å². The zero-order valence-electron chi connectivity index (χ0n) is 17.1. The first-order chi connectivity index (χ1) is 14.2. The number of amides is 1. The van der Waals surface area contributed by atoms with E-state index in [0.717, 1.165) is 55.7 Å². The van der Waals surface area contributed by atoms with E-state index in [1.165, 1.54) is 17.0 Å². The minimum Gasteiger partial charge on any atom is -0.497 e. The number of guanidine groups is 1. The SMILES string of the molecule is CN=C(NCCCNC(=O)c1cccs1)N1CCN(c2cccc(OC)c2)CC1. The third-order valence-corrected chi connectivity index (χ3v) is 5.75. The van der Waals surface area contributed by atoms with Crippen LogP contribution in [0.2, 0.25) is 0 Å². The molecule has 1 aromatic heterocycles. The normalized spacial score (nSPS) is 14.6. The highest BCUT2D eigenvalue weighted by Crippen LogP contribution is 2.22. The zero-order valence-corrected chi connectivity index (χ0v) is 17.9. The van der Waals surface area contributed by atoms with E-state index in [2.05, 4.69) is 37.6 Å². The third kappa shape index (κ3) is 5.87. The maximum atomic E-state index is 11.9. The number of aliphatic imine (C=N–C) groups is 1. The first-order valence-electron chi connectivity index (χ1n) is 9.87.